The predicted octanol–water partition coefficient (Wildman–Crippen LogP) is 1.48. The van der Waals surface area contributed by atoms with Crippen molar-refractivity contribution in [1.82, 2.24) is 18.0 Å². The highest BCUT2D eigenvalue weighted by Crippen LogP contribution is 2.31. The Balaban J connectivity index is 1.64. The zero-order chi connectivity index (χ0) is 19.2. The smallest absolute Gasteiger partial charge is 0.246 e. The van der Waals surface area contributed by atoms with E-state index in [4.69, 9.17) is 4.74 Å². The van der Waals surface area contributed by atoms with Crippen molar-refractivity contribution in [2.24, 2.45) is 0 Å². The van der Waals surface area contributed by atoms with Gasteiger partial charge in [0.15, 0.2) is 0 Å². The molecular weight excluding hydrogens is 388 g/mol. The summed E-state index contributed by atoms with van der Waals surface area (Å²) in [7, 11) is -3.84. The number of rotatable bonds is 3. The fraction of sp³-hybridized carbons (Fsp3) is 0.588. The number of aromatic nitrogens is 2. The average molecular weight is 411 g/mol. The average Bonchev–Trinajstić information content (AvgIpc) is 3.29. The van der Waals surface area contributed by atoms with E-state index in [1.54, 1.807) is 17.0 Å². The third-order valence-corrected chi connectivity index (χ3v) is 7.54. The van der Waals surface area contributed by atoms with Gasteiger partial charge in [-0.1, -0.05) is 6.07 Å². The summed E-state index contributed by atoms with van der Waals surface area (Å²) in [5, 5.41) is 0. The second-order valence-electron chi connectivity index (χ2n) is 7.16. The molecule has 27 heavy (non-hydrogen) atoms. The Bertz CT molecular complexity index is 951. The summed E-state index contributed by atoms with van der Waals surface area (Å²) >= 11 is 0.984. The lowest BCUT2D eigenvalue weighted by atomic mass is 10.1. The monoisotopic (exact) mass is 410 g/mol. The van der Waals surface area contributed by atoms with Crippen LogP contribution in [0.5, 0.6) is 0 Å². The largest absolute Gasteiger partial charge is 0.372 e. The number of fused-ring (bicyclic) bond motifs is 1. The Morgan fingerprint density at radius 2 is 1.96 bits per heavy atom. The molecule has 0 N–H and O–H groups in total. The van der Waals surface area contributed by atoms with Crippen molar-refractivity contribution >= 4 is 38.7 Å². The molecule has 146 valence electrons. The highest BCUT2D eigenvalue weighted by Gasteiger charge is 2.43. The molecule has 0 radical (unpaired) electrons. The van der Waals surface area contributed by atoms with E-state index in [1.807, 2.05) is 13.8 Å². The molecule has 3 heterocycles. The number of nitrogens with zero attached hydrogens (tertiary/aromatic N) is 4. The maximum Gasteiger partial charge on any atom is 0.246 e. The van der Waals surface area contributed by atoms with Crippen LogP contribution in [0.2, 0.25) is 0 Å². The highest BCUT2D eigenvalue weighted by atomic mass is 32.2. The summed E-state index contributed by atoms with van der Waals surface area (Å²) in [5.74, 6) is -0.137. The Hall–Kier alpha value is -1.62. The maximum atomic E-state index is 13.3. The van der Waals surface area contributed by atoms with Crippen molar-refractivity contribution in [2.45, 2.75) is 49.8 Å². The normalized spacial score (nSPS) is 27.3. The number of sulfonamides is 1. The predicted molar refractivity (Wildman–Crippen MR) is 101 cm³/mol. The van der Waals surface area contributed by atoms with Crippen LogP contribution in [0, 0.1) is 0 Å². The first-order chi connectivity index (χ1) is 12.9. The van der Waals surface area contributed by atoms with E-state index >= 15 is 0 Å². The van der Waals surface area contributed by atoms with Gasteiger partial charge in [0.05, 0.1) is 23.9 Å². The first-order valence-corrected chi connectivity index (χ1v) is 11.2. The van der Waals surface area contributed by atoms with E-state index in [-0.39, 0.29) is 23.0 Å². The highest BCUT2D eigenvalue weighted by molar-refractivity contribution is 7.89. The molecule has 1 amide bonds. The van der Waals surface area contributed by atoms with Gasteiger partial charge in [-0.25, -0.2) is 8.42 Å². The first kappa shape index (κ1) is 18.7. The van der Waals surface area contributed by atoms with Gasteiger partial charge in [-0.05, 0) is 38.8 Å². The lowest BCUT2D eigenvalue weighted by molar-refractivity contribution is -0.146. The fourth-order valence-corrected chi connectivity index (χ4v) is 6.36. The van der Waals surface area contributed by atoms with Gasteiger partial charge in [-0.2, -0.15) is 13.1 Å². The van der Waals surface area contributed by atoms with E-state index in [0.717, 1.165) is 11.7 Å². The van der Waals surface area contributed by atoms with Crippen LogP contribution in [0.4, 0.5) is 0 Å². The molecule has 8 nitrogen and oxygen atoms in total. The number of hydrogen-bond acceptors (Lipinski definition) is 7. The van der Waals surface area contributed by atoms with Crippen LogP contribution in [-0.2, 0) is 19.6 Å². The molecule has 1 aromatic heterocycles. The molecule has 0 unspecified atom stereocenters. The number of ether oxygens (including phenoxy) is 1. The zero-order valence-electron chi connectivity index (χ0n) is 15.2. The number of morpholine rings is 1. The lowest BCUT2D eigenvalue weighted by Gasteiger charge is -2.37. The van der Waals surface area contributed by atoms with Crippen molar-refractivity contribution in [3.63, 3.8) is 0 Å². The van der Waals surface area contributed by atoms with Crippen LogP contribution < -0.4 is 0 Å². The summed E-state index contributed by atoms with van der Waals surface area (Å²) in [6.07, 6.45) is 1.08. The zero-order valence-corrected chi connectivity index (χ0v) is 16.9. The molecule has 0 saturated carbocycles. The van der Waals surface area contributed by atoms with E-state index in [2.05, 4.69) is 8.75 Å². The van der Waals surface area contributed by atoms with E-state index in [0.29, 0.717) is 43.5 Å². The molecule has 2 aromatic rings. The van der Waals surface area contributed by atoms with Gasteiger partial charge >= 0.3 is 0 Å². The molecule has 2 aliphatic rings. The first-order valence-electron chi connectivity index (χ1n) is 9.05. The lowest BCUT2D eigenvalue weighted by Crippen LogP contribution is -2.54. The molecule has 0 aliphatic carbocycles. The number of carbonyl (C=O) groups excluding carboxylic acids is 1. The van der Waals surface area contributed by atoms with Crippen LogP contribution in [0.1, 0.15) is 26.7 Å². The van der Waals surface area contributed by atoms with Crippen molar-refractivity contribution in [1.29, 1.82) is 0 Å². The van der Waals surface area contributed by atoms with Crippen molar-refractivity contribution in [3.05, 3.63) is 18.2 Å². The van der Waals surface area contributed by atoms with Gasteiger partial charge in [-0.3, -0.25) is 4.79 Å². The van der Waals surface area contributed by atoms with Gasteiger partial charge in [0.25, 0.3) is 0 Å². The van der Waals surface area contributed by atoms with Gasteiger partial charge < -0.3 is 9.64 Å². The molecule has 0 spiro atoms. The quantitative estimate of drug-likeness (QED) is 0.761. The number of benzene rings is 1. The Labute approximate surface area is 162 Å². The van der Waals surface area contributed by atoms with Crippen LogP contribution in [-0.4, -0.2) is 70.2 Å². The summed E-state index contributed by atoms with van der Waals surface area (Å²) < 4.78 is 42.0. The molecule has 2 saturated heterocycles. The number of amides is 1. The van der Waals surface area contributed by atoms with Crippen molar-refractivity contribution in [3.8, 4) is 0 Å². The SMILES string of the molecule is C[C@@H]1CN(C(=O)[C@H]2CCCN2S(=O)(=O)c2cccc3nsnc23)C[C@H](C)O1. The van der Waals surface area contributed by atoms with E-state index < -0.39 is 16.1 Å². The van der Waals surface area contributed by atoms with Gasteiger partial charge in [0.2, 0.25) is 15.9 Å². The second-order valence-corrected chi connectivity index (χ2v) is 9.55. The number of hydrogen-bond donors (Lipinski definition) is 0. The summed E-state index contributed by atoms with van der Waals surface area (Å²) in [6, 6.07) is 4.27. The van der Waals surface area contributed by atoms with Crippen molar-refractivity contribution < 1.29 is 17.9 Å². The van der Waals surface area contributed by atoms with Crippen LogP contribution >= 0.6 is 11.7 Å². The topological polar surface area (TPSA) is 92.7 Å². The Morgan fingerprint density at radius 3 is 2.70 bits per heavy atom. The fourth-order valence-electron chi connectivity index (χ4n) is 3.96. The van der Waals surface area contributed by atoms with Crippen LogP contribution in [0.3, 0.4) is 0 Å². The van der Waals surface area contributed by atoms with Gasteiger partial charge in [0.1, 0.15) is 22.0 Å². The third kappa shape index (κ3) is 3.35. The minimum Gasteiger partial charge on any atom is -0.372 e. The molecule has 2 fully saturated rings. The minimum absolute atomic E-state index is 0.0565. The summed E-state index contributed by atoms with van der Waals surface area (Å²) in [6.45, 7) is 5.16. The molecule has 10 heteroatoms. The van der Waals surface area contributed by atoms with Crippen LogP contribution in [0.25, 0.3) is 11.0 Å². The molecule has 3 atom stereocenters. The summed E-state index contributed by atoms with van der Waals surface area (Å²) in [5.41, 5.74) is 0.924. The van der Waals surface area contributed by atoms with Gasteiger partial charge in [-0.15, -0.1) is 0 Å². The second kappa shape index (κ2) is 7.08. The number of carbonyl (C=O) groups is 1. The molecule has 4 rings (SSSR count). The van der Waals surface area contributed by atoms with E-state index in [9.17, 15) is 13.2 Å². The molecular formula is C17H22N4O4S2. The molecule has 0 bridgehead atoms. The van der Waals surface area contributed by atoms with E-state index in [1.165, 1.54) is 10.4 Å². The van der Waals surface area contributed by atoms with Crippen molar-refractivity contribution in [2.75, 3.05) is 19.6 Å². The molecule has 1 aromatic carbocycles. The maximum absolute atomic E-state index is 13.3. The molecule has 2 aliphatic heterocycles. The third-order valence-electron chi connectivity index (χ3n) is 5.06. The van der Waals surface area contributed by atoms with Gasteiger partial charge in [0, 0.05) is 19.6 Å². The Morgan fingerprint density at radius 1 is 1.22 bits per heavy atom. The summed E-state index contributed by atoms with van der Waals surface area (Å²) in [4.78, 5) is 15.0. The Kier molecular flexibility index (Phi) is 4.91. The van der Waals surface area contributed by atoms with Crippen LogP contribution in [0.15, 0.2) is 23.1 Å². The minimum atomic E-state index is -3.84. The standard InChI is InChI=1S/C17H22N4O4S2/c1-11-9-20(10-12(2)25-11)17(22)14-6-4-8-21(14)27(23,24)15-7-3-5-13-16(15)19-26-18-13/h3,5,7,11-12,14H,4,6,8-10H2,1-2H3/t11-,12+,14-/m1/s1.